The highest BCUT2D eigenvalue weighted by atomic mass is 16.5. The Morgan fingerprint density at radius 3 is 2.71 bits per heavy atom. The Kier molecular flexibility index (Phi) is 4.82. The molecule has 1 aromatic heterocycles. The molecule has 0 aliphatic carbocycles. The number of nitrogens with one attached hydrogen (secondary N) is 1. The third-order valence-corrected chi connectivity index (χ3v) is 5.60. The molecule has 2 heterocycles. The van der Waals surface area contributed by atoms with Gasteiger partial charge in [-0.1, -0.05) is 30.3 Å². The van der Waals surface area contributed by atoms with Crippen molar-refractivity contribution in [2.24, 2.45) is 5.92 Å². The first-order valence-corrected chi connectivity index (χ1v) is 10.4. The van der Waals surface area contributed by atoms with Crippen LogP contribution in [0.4, 0.5) is 11.4 Å². The molecule has 1 aliphatic rings. The molecule has 156 valence electrons. The van der Waals surface area contributed by atoms with Crippen LogP contribution in [0.15, 0.2) is 71.1 Å². The molecule has 5 rings (SSSR count). The van der Waals surface area contributed by atoms with Gasteiger partial charge < -0.3 is 19.4 Å². The second-order valence-corrected chi connectivity index (χ2v) is 7.60. The Labute approximate surface area is 179 Å². The molecule has 1 atom stereocenters. The van der Waals surface area contributed by atoms with E-state index >= 15 is 0 Å². The monoisotopic (exact) mass is 414 g/mol. The Balaban J connectivity index is 1.34. The molecule has 0 unspecified atom stereocenters. The lowest BCUT2D eigenvalue weighted by atomic mass is 10.1. The number of nitrogens with zero attached hydrogens (tertiary/aromatic N) is 1. The van der Waals surface area contributed by atoms with Gasteiger partial charge in [-0.25, -0.2) is 0 Å². The van der Waals surface area contributed by atoms with Crippen molar-refractivity contribution in [3.05, 3.63) is 66.7 Å². The maximum Gasteiger partial charge on any atom is 0.229 e. The summed E-state index contributed by atoms with van der Waals surface area (Å²) in [5.41, 5.74) is 2.88. The largest absolute Gasteiger partial charge is 0.492 e. The quantitative estimate of drug-likeness (QED) is 0.500. The van der Waals surface area contributed by atoms with Crippen molar-refractivity contribution in [2.45, 2.75) is 13.3 Å². The number of carbonyl (C=O) groups is 2. The standard InChI is InChI=1S/C25H22N2O4/c1-2-30-22-10-6-4-8-20(22)27-15-16(13-24(27)28)25(29)26-17-11-12-19-18-7-3-5-9-21(18)31-23(19)14-17/h3-12,14,16H,2,13,15H2,1H3,(H,26,29)/t16-/m1/s1. The molecule has 4 aromatic rings. The van der Waals surface area contributed by atoms with Crippen molar-refractivity contribution in [1.82, 2.24) is 0 Å². The summed E-state index contributed by atoms with van der Waals surface area (Å²) in [6.45, 7) is 2.73. The summed E-state index contributed by atoms with van der Waals surface area (Å²) in [7, 11) is 0. The van der Waals surface area contributed by atoms with E-state index in [0.717, 1.165) is 16.4 Å². The van der Waals surface area contributed by atoms with E-state index in [1.54, 1.807) is 4.90 Å². The first-order valence-electron chi connectivity index (χ1n) is 10.4. The van der Waals surface area contributed by atoms with E-state index in [9.17, 15) is 9.59 Å². The van der Waals surface area contributed by atoms with E-state index in [0.29, 0.717) is 35.9 Å². The Morgan fingerprint density at radius 2 is 1.84 bits per heavy atom. The molecule has 3 aromatic carbocycles. The van der Waals surface area contributed by atoms with E-state index in [-0.39, 0.29) is 18.2 Å². The van der Waals surface area contributed by atoms with Crippen LogP contribution in [0.5, 0.6) is 5.75 Å². The van der Waals surface area contributed by atoms with Gasteiger partial charge in [-0.3, -0.25) is 9.59 Å². The van der Waals surface area contributed by atoms with Crippen molar-refractivity contribution >= 4 is 45.1 Å². The van der Waals surface area contributed by atoms with Crippen molar-refractivity contribution < 1.29 is 18.7 Å². The van der Waals surface area contributed by atoms with Crippen LogP contribution in [0.25, 0.3) is 21.9 Å². The molecule has 1 aliphatic heterocycles. The average Bonchev–Trinajstić information content (AvgIpc) is 3.34. The molecule has 0 spiro atoms. The number of furan rings is 1. The topological polar surface area (TPSA) is 71.8 Å². The van der Waals surface area contributed by atoms with Crippen LogP contribution >= 0.6 is 0 Å². The van der Waals surface area contributed by atoms with Crippen LogP contribution in [0.2, 0.25) is 0 Å². The van der Waals surface area contributed by atoms with Crippen LogP contribution in [0.1, 0.15) is 13.3 Å². The summed E-state index contributed by atoms with van der Waals surface area (Å²) in [6.07, 6.45) is 0.166. The molecule has 0 saturated carbocycles. The zero-order valence-corrected chi connectivity index (χ0v) is 17.1. The van der Waals surface area contributed by atoms with E-state index < -0.39 is 5.92 Å². The van der Waals surface area contributed by atoms with Crippen LogP contribution < -0.4 is 15.0 Å². The minimum Gasteiger partial charge on any atom is -0.492 e. The summed E-state index contributed by atoms with van der Waals surface area (Å²) in [5, 5.41) is 4.99. The number of fused-ring (bicyclic) bond motifs is 3. The van der Waals surface area contributed by atoms with Gasteiger partial charge in [0.2, 0.25) is 11.8 Å². The highest BCUT2D eigenvalue weighted by Crippen LogP contribution is 2.34. The predicted octanol–water partition coefficient (Wildman–Crippen LogP) is 4.98. The number of hydrogen-bond acceptors (Lipinski definition) is 4. The fourth-order valence-corrected chi connectivity index (χ4v) is 4.12. The lowest BCUT2D eigenvalue weighted by Crippen LogP contribution is -2.28. The molecular formula is C25H22N2O4. The van der Waals surface area contributed by atoms with Gasteiger partial charge in [0.1, 0.15) is 16.9 Å². The lowest BCUT2D eigenvalue weighted by Gasteiger charge is -2.20. The number of benzene rings is 3. The molecule has 1 N–H and O–H groups in total. The van der Waals surface area contributed by atoms with Gasteiger partial charge in [-0.2, -0.15) is 0 Å². The zero-order chi connectivity index (χ0) is 21.4. The van der Waals surface area contributed by atoms with Crippen molar-refractivity contribution in [1.29, 1.82) is 0 Å². The third kappa shape index (κ3) is 3.50. The number of carbonyl (C=O) groups excluding carboxylic acids is 2. The fourth-order valence-electron chi connectivity index (χ4n) is 4.12. The highest BCUT2D eigenvalue weighted by Gasteiger charge is 2.36. The smallest absolute Gasteiger partial charge is 0.229 e. The van der Waals surface area contributed by atoms with Crippen LogP contribution in [0.3, 0.4) is 0 Å². The average molecular weight is 414 g/mol. The van der Waals surface area contributed by atoms with Gasteiger partial charge in [0.15, 0.2) is 0 Å². The minimum atomic E-state index is -0.437. The molecule has 2 amide bonds. The van der Waals surface area contributed by atoms with E-state index in [1.807, 2.05) is 73.7 Å². The van der Waals surface area contributed by atoms with Gasteiger partial charge >= 0.3 is 0 Å². The second kappa shape index (κ2) is 7.80. The van der Waals surface area contributed by atoms with Crippen molar-refractivity contribution in [3.63, 3.8) is 0 Å². The minimum absolute atomic E-state index is 0.0833. The Hall–Kier alpha value is -3.80. The van der Waals surface area contributed by atoms with Crippen molar-refractivity contribution in [3.8, 4) is 5.75 Å². The van der Waals surface area contributed by atoms with E-state index in [1.165, 1.54) is 0 Å². The van der Waals surface area contributed by atoms with E-state index in [2.05, 4.69) is 5.32 Å². The molecule has 1 fully saturated rings. The van der Waals surface area contributed by atoms with Crippen LogP contribution in [-0.4, -0.2) is 25.0 Å². The van der Waals surface area contributed by atoms with Crippen LogP contribution in [0, 0.1) is 5.92 Å². The number of anilines is 2. The second-order valence-electron chi connectivity index (χ2n) is 7.60. The third-order valence-electron chi connectivity index (χ3n) is 5.60. The number of para-hydroxylation sites is 3. The molecule has 31 heavy (non-hydrogen) atoms. The Morgan fingerprint density at radius 1 is 1.06 bits per heavy atom. The molecule has 6 nitrogen and oxygen atoms in total. The molecule has 0 radical (unpaired) electrons. The maximum atomic E-state index is 12.9. The molecular weight excluding hydrogens is 392 g/mol. The van der Waals surface area contributed by atoms with Crippen molar-refractivity contribution in [2.75, 3.05) is 23.4 Å². The SMILES string of the molecule is CCOc1ccccc1N1C[C@H](C(=O)Nc2ccc3c(c2)oc2ccccc23)CC1=O. The normalized spacial score (nSPS) is 16.2. The summed E-state index contributed by atoms with van der Waals surface area (Å²) in [4.78, 5) is 27.2. The maximum absolute atomic E-state index is 12.9. The highest BCUT2D eigenvalue weighted by molar-refractivity contribution is 6.07. The van der Waals surface area contributed by atoms with Gasteiger partial charge in [0, 0.05) is 35.5 Å². The molecule has 6 heteroatoms. The number of amides is 2. The summed E-state index contributed by atoms with van der Waals surface area (Å²) >= 11 is 0. The van der Waals surface area contributed by atoms with E-state index in [4.69, 9.17) is 9.15 Å². The number of hydrogen-bond donors (Lipinski definition) is 1. The first-order chi connectivity index (χ1) is 15.1. The van der Waals surface area contributed by atoms with Gasteiger partial charge in [-0.15, -0.1) is 0 Å². The van der Waals surface area contributed by atoms with Gasteiger partial charge in [0.05, 0.1) is 18.2 Å². The number of rotatable bonds is 5. The van der Waals surface area contributed by atoms with Gasteiger partial charge in [0.25, 0.3) is 0 Å². The van der Waals surface area contributed by atoms with Gasteiger partial charge in [-0.05, 0) is 37.3 Å². The molecule has 1 saturated heterocycles. The summed E-state index contributed by atoms with van der Waals surface area (Å²) < 4.78 is 11.6. The number of ether oxygens (including phenoxy) is 1. The van der Waals surface area contributed by atoms with Crippen LogP contribution in [-0.2, 0) is 9.59 Å². The first kappa shape index (κ1) is 19.2. The summed E-state index contributed by atoms with van der Waals surface area (Å²) in [6, 6.07) is 20.9. The Bertz CT molecular complexity index is 1290. The fraction of sp³-hybridized carbons (Fsp3) is 0.200. The summed E-state index contributed by atoms with van der Waals surface area (Å²) in [5.74, 6) is -0.0523. The lowest BCUT2D eigenvalue weighted by molar-refractivity contribution is -0.122. The predicted molar refractivity (Wildman–Crippen MR) is 120 cm³/mol. The zero-order valence-electron chi connectivity index (χ0n) is 17.1. The molecule has 0 bridgehead atoms.